The summed E-state index contributed by atoms with van der Waals surface area (Å²) in [6, 6.07) is 3.79. The van der Waals surface area contributed by atoms with E-state index in [1.54, 1.807) is 6.20 Å². The molecule has 2 unspecified atom stereocenters. The molecule has 0 amide bonds. The van der Waals surface area contributed by atoms with E-state index in [9.17, 15) is 4.79 Å². The van der Waals surface area contributed by atoms with E-state index in [1.165, 1.54) is 12.8 Å². The molecule has 0 radical (unpaired) electrons. The number of Topliss-reactive ketones (excluding diaryl/α,β-unsaturated/α-hetero) is 1. The molecule has 2 atom stereocenters. The zero-order chi connectivity index (χ0) is 11.8. The van der Waals surface area contributed by atoms with Crippen LogP contribution in [-0.4, -0.2) is 21.3 Å². The molecule has 3 rings (SSSR count). The summed E-state index contributed by atoms with van der Waals surface area (Å²) in [5.74, 6) is 0.574. The van der Waals surface area contributed by atoms with E-state index in [0.717, 1.165) is 34.6 Å². The minimum atomic E-state index is 0.247. The summed E-state index contributed by atoms with van der Waals surface area (Å²) in [5, 5.41) is 1.47. The number of hydrogen-bond acceptors (Lipinski definition) is 3. The van der Waals surface area contributed by atoms with Crippen molar-refractivity contribution in [1.82, 2.24) is 4.98 Å². The molecule has 2 saturated heterocycles. The van der Waals surface area contributed by atoms with Crippen molar-refractivity contribution in [3.8, 4) is 0 Å². The van der Waals surface area contributed by atoms with Crippen LogP contribution >= 0.6 is 11.8 Å². The van der Waals surface area contributed by atoms with Crippen molar-refractivity contribution in [3.63, 3.8) is 0 Å². The number of aromatic nitrogens is 1. The van der Waals surface area contributed by atoms with Crippen LogP contribution in [0.1, 0.15) is 41.7 Å². The number of aryl methyl sites for hydroxylation is 1. The Kier molecular flexibility index (Phi) is 2.95. The summed E-state index contributed by atoms with van der Waals surface area (Å²) in [4.78, 5) is 16.7. The van der Waals surface area contributed by atoms with Gasteiger partial charge in [-0.05, 0) is 44.7 Å². The predicted molar refractivity (Wildman–Crippen MR) is 70.4 cm³/mol. The molecule has 2 aliphatic heterocycles. The van der Waals surface area contributed by atoms with E-state index in [4.69, 9.17) is 0 Å². The fourth-order valence-corrected chi connectivity index (χ4v) is 4.81. The molecule has 0 N–H and O–H groups in total. The summed E-state index contributed by atoms with van der Waals surface area (Å²) in [6.07, 6.45) is 6.53. The van der Waals surface area contributed by atoms with Gasteiger partial charge in [0.2, 0.25) is 0 Å². The van der Waals surface area contributed by atoms with Gasteiger partial charge in [0.1, 0.15) is 0 Å². The number of thioether (sulfide) groups is 1. The van der Waals surface area contributed by atoms with Gasteiger partial charge in [-0.3, -0.25) is 9.78 Å². The molecule has 0 saturated carbocycles. The maximum Gasteiger partial charge on any atom is 0.167 e. The maximum absolute atomic E-state index is 12.5. The molecule has 2 fully saturated rings. The smallest absolute Gasteiger partial charge is 0.167 e. The van der Waals surface area contributed by atoms with Crippen LogP contribution in [0.4, 0.5) is 0 Å². The second kappa shape index (κ2) is 4.45. The quantitative estimate of drug-likeness (QED) is 0.751. The molecule has 90 valence electrons. The van der Waals surface area contributed by atoms with E-state index >= 15 is 0 Å². The van der Waals surface area contributed by atoms with Gasteiger partial charge in [-0.15, -0.1) is 0 Å². The molecule has 0 spiro atoms. The molecule has 0 aromatic carbocycles. The molecule has 1 aromatic heterocycles. The fourth-order valence-electron chi connectivity index (χ4n) is 3.04. The molecule has 3 heteroatoms. The van der Waals surface area contributed by atoms with Crippen LogP contribution in [0.5, 0.6) is 0 Å². The van der Waals surface area contributed by atoms with Gasteiger partial charge < -0.3 is 0 Å². The number of pyridine rings is 1. The average molecular weight is 247 g/mol. The van der Waals surface area contributed by atoms with Gasteiger partial charge in [-0.1, -0.05) is 0 Å². The second-order valence-corrected chi connectivity index (χ2v) is 6.73. The number of fused-ring (bicyclic) bond motifs is 2. The van der Waals surface area contributed by atoms with Crippen molar-refractivity contribution in [2.45, 2.75) is 43.1 Å². The second-order valence-electron chi connectivity index (χ2n) is 5.13. The Morgan fingerprint density at radius 1 is 1.35 bits per heavy atom. The minimum Gasteiger partial charge on any atom is -0.294 e. The van der Waals surface area contributed by atoms with Gasteiger partial charge in [-0.2, -0.15) is 11.8 Å². The predicted octanol–water partition coefficient (Wildman–Crippen LogP) is 3.25. The zero-order valence-electron chi connectivity index (χ0n) is 10.1. The van der Waals surface area contributed by atoms with Crippen LogP contribution in [0, 0.1) is 12.8 Å². The summed E-state index contributed by atoms with van der Waals surface area (Å²) >= 11 is 2.11. The molecular weight excluding hydrogens is 230 g/mol. The summed E-state index contributed by atoms with van der Waals surface area (Å²) in [5.41, 5.74) is 1.71. The third-order valence-corrected chi connectivity index (χ3v) is 5.56. The minimum absolute atomic E-state index is 0.247. The molecule has 2 bridgehead atoms. The number of hydrogen-bond donors (Lipinski definition) is 0. The monoisotopic (exact) mass is 247 g/mol. The number of ketones is 1. The Hall–Kier alpha value is -0.830. The van der Waals surface area contributed by atoms with E-state index in [2.05, 4.69) is 16.7 Å². The lowest BCUT2D eigenvalue weighted by Gasteiger charge is -2.26. The molecule has 1 aromatic rings. The highest BCUT2D eigenvalue weighted by Gasteiger charge is 2.38. The normalized spacial score (nSPS) is 31.5. The topological polar surface area (TPSA) is 30.0 Å². The van der Waals surface area contributed by atoms with E-state index in [1.807, 2.05) is 19.1 Å². The Bertz CT molecular complexity index is 434. The number of nitrogens with zero attached hydrogens (tertiary/aromatic N) is 1. The Morgan fingerprint density at radius 2 is 2.06 bits per heavy atom. The fraction of sp³-hybridized carbons (Fsp3) is 0.571. The van der Waals surface area contributed by atoms with Crippen molar-refractivity contribution in [1.29, 1.82) is 0 Å². The number of carbonyl (C=O) groups is 1. The van der Waals surface area contributed by atoms with Gasteiger partial charge >= 0.3 is 0 Å². The first-order valence-corrected chi connectivity index (χ1v) is 7.29. The number of carbonyl (C=O) groups excluding carboxylic acids is 1. The van der Waals surface area contributed by atoms with Gasteiger partial charge in [0.05, 0.1) is 0 Å². The first kappa shape index (κ1) is 11.3. The SMILES string of the molecule is Cc1ncccc1C(=O)C1CC2CCC(C1)S2. The van der Waals surface area contributed by atoms with Gasteiger partial charge in [0.25, 0.3) is 0 Å². The van der Waals surface area contributed by atoms with Crippen LogP contribution in [0.15, 0.2) is 18.3 Å². The largest absolute Gasteiger partial charge is 0.294 e. The molecule has 2 nitrogen and oxygen atoms in total. The van der Waals surface area contributed by atoms with Gasteiger partial charge in [0.15, 0.2) is 5.78 Å². The van der Waals surface area contributed by atoms with Gasteiger partial charge in [0, 0.05) is 33.9 Å². The highest BCUT2D eigenvalue weighted by molar-refractivity contribution is 8.00. The molecule has 0 aliphatic carbocycles. The Morgan fingerprint density at radius 3 is 2.71 bits per heavy atom. The summed E-state index contributed by atoms with van der Waals surface area (Å²) in [6.45, 7) is 1.93. The maximum atomic E-state index is 12.5. The van der Waals surface area contributed by atoms with Crippen molar-refractivity contribution in [2.75, 3.05) is 0 Å². The lowest BCUT2D eigenvalue weighted by atomic mass is 9.90. The first-order valence-electron chi connectivity index (χ1n) is 6.35. The van der Waals surface area contributed by atoms with Crippen LogP contribution in [-0.2, 0) is 0 Å². The van der Waals surface area contributed by atoms with Crippen LogP contribution in [0.3, 0.4) is 0 Å². The summed E-state index contributed by atoms with van der Waals surface area (Å²) in [7, 11) is 0. The molecule has 3 heterocycles. The Balaban J connectivity index is 1.81. The van der Waals surface area contributed by atoms with Crippen LogP contribution in [0.2, 0.25) is 0 Å². The van der Waals surface area contributed by atoms with Crippen molar-refractivity contribution in [2.24, 2.45) is 5.92 Å². The van der Waals surface area contributed by atoms with E-state index in [0.29, 0.717) is 5.78 Å². The van der Waals surface area contributed by atoms with Crippen LogP contribution < -0.4 is 0 Å². The Labute approximate surface area is 106 Å². The highest BCUT2D eigenvalue weighted by atomic mass is 32.2. The lowest BCUT2D eigenvalue weighted by molar-refractivity contribution is 0.0906. The van der Waals surface area contributed by atoms with Gasteiger partial charge in [-0.25, -0.2) is 0 Å². The first-order chi connectivity index (χ1) is 8.24. The van der Waals surface area contributed by atoms with Crippen molar-refractivity contribution < 1.29 is 4.79 Å². The summed E-state index contributed by atoms with van der Waals surface area (Å²) < 4.78 is 0. The number of rotatable bonds is 2. The van der Waals surface area contributed by atoms with Crippen molar-refractivity contribution >= 4 is 17.5 Å². The average Bonchev–Trinajstić information content (AvgIpc) is 2.68. The molecule has 17 heavy (non-hydrogen) atoms. The third-order valence-electron chi connectivity index (χ3n) is 3.93. The van der Waals surface area contributed by atoms with E-state index in [-0.39, 0.29) is 5.92 Å². The molecular formula is C14H17NOS. The van der Waals surface area contributed by atoms with E-state index < -0.39 is 0 Å². The molecule has 2 aliphatic rings. The zero-order valence-corrected chi connectivity index (χ0v) is 10.9. The van der Waals surface area contributed by atoms with Crippen LogP contribution in [0.25, 0.3) is 0 Å². The van der Waals surface area contributed by atoms with Crippen molar-refractivity contribution in [3.05, 3.63) is 29.6 Å². The highest BCUT2D eigenvalue weighted by Crippen LogP contribution is 2.46. The third kappa shape index (κ3) is 2.13. The lowest BCUT2D eigenvalue weighted by Crippen LogP contribution is -2.25. The standard InChI is InChI=1S/C14H17NOS/c1-9-13(3-2-6-15-9)14(16)10-7-11-4-5-12(8-10)17-11/h2-3,6,10-12H,4-5,7-8H2,1H3.